The minimum atomic E-state index is -0.803. The SMILES string of the molecule is COC[C@@]1(O)CC[C@@]2(Cc3ncccn3)c3cc4cnn(-c5ccc(F)cc5)c4cc3CCC[C@H]2C1. The van der Waals surface area contributed by atoms with Crippen LogP contribution in [0.3, 0.4) is 0 Å². The van der Waals surface area contributed by atoms with E-state index in [0.29, 0.717) is 25.4 Å². The molecular formula is C29H31FN4O2. The van der Waals surface area contributed by atoms with Crippen LogP contribution in [0.15, 0.2) is 61.1 Å². The van der Waals surface area contributed by atoms with Gasteiger partial charge >= 0.3 is 0 Å². The minimum Gasteiger partial charge on any atom is -0.387 e. The summed E-state index contributed by atoms with van der Waals surface area (Å²) in [7, 11) is 1.66. The molecule has 2 aromatic carbocycles. The molecule has 0 spiro atoms. The highest BCUT2D eigenvalue weighted by Crippen LogP contribution is 2.53. The first kappa shape index (κ1) is 23.3. The van der Waals surface area contributed by atoms with E-state index in [2.05, 4.69) is 27.2 Å². The fraction of sp³-hybridized carbons (Fsp3) is 0.414. The molecule has 186 valence electrons. The van der Waals surface area contributed by atoms with Crippen molar-refractivity contribution in [3.8, 4) is 5.69 Å². The van der Waals surface area contributed by atoms with Crippen molar-refractivity contribution in [2.45, 2.75) is 56.0 Å². The van der Waals surface area contributed by atoms with Gasteiger partial charge in [0.05, 0.1) is 29.6 Å². The second-order valence-corrected chi connectivity index (χ2v) is 10.5. The Bertz CT molecular complexity index is 1370. The number of aliphatic hydroxyl groups is 1. The van der Waals surface area contributed by atoms with Crippen LogP contribution in [-0.2, 0) is 23.0 Å². The molecule has 0 radical (unpaired) electrons. The van der Waals surface area contributed by atoms with E-state index in [1.165, 1.54) is 23.3 Å². The minimum absolute atomic E-state index is 0.167. The third-order valence-corrected chi connectivity index (χ3v) is 8.35. The van der Waals surface area contributed by atoms with Crippen LogP contribution in [0.2, 0.25) is 0 Å². The highest BCUT2D eigenvalue weighted by Gasteiger charge is 2.51. The maximum absolute atomic E-state index is 13.5. The van der Waals surface area contributed by atoms with E-state index in [-0.39, 0.29) is 11.2 Å². The van der Waals surface area contributed by atoms with E-state index in [1.807, 2.05) is 29.3 Å². The number of methoxy groups -OCH3 is 1. The number of benzene rings is 2. The molecule has 1 fully saturated rings. The summed E-state index contributed by atoms with van der Waals surface area (Å²) in [5.74, 6) is 0.876. The standard InChI is InChI=1S/C29H31FN4O2/c1-36-19-28(35)10-11-29(17-27-31-12-3-13-32-27)22(16-28)5-2-4-20-15-26-21(14-25(20)29)18-33-34(26)24-8-6-23(30)7-9-24/h3,6-9,12-15,18,22,35H,2,4-5,10-11,16-17,19H2,1H3/t22-,28+,29-/m0/s1. The molecule has 6 nitrogen and oxygen atoms in total. The van der Waals surface area contributed by atoms with Gasteiger partial charge in [0, 0.05) is 36.7 Å². The zero-order valence-corrected chi connectivity index (χ0v) is 20.5. The summed E-state index contributed by atoms with van der Waals surface area (Å²) in [4.78, 5) is 9.21. The summed E-state index contributed by atoms with van der Waals surface area (Å²) in [6.07, 6.45) is 11.6. The number of aryl methyl sites for hydroxylation is 1. The van der Waals surface area contributed by atoms with E-state index in [1.54, 1.807) is 19.2 Å². The van der Waals surface area contributed by atoms with Gasteiger partial charge in [0.2, 0.25) is 0 Å². The lowest BCUT2D eigenvalue weighted by atomic mass is 9.56. The number of nitrogens with zero attached hydrogens (tertiary/aromatic N) is 4. The lowest BCUT2D eigenvalue weighted by molar-refractivity contribution is -0.0900. The molecule has 4 aromatic rings. The molecule has 2 aromatic heterocycles. The molecule has 0 saturated heterocycles. The first-order valence-electron chi connectivity index (χ1n) is 12.7. The second kappa shape index (κ2) is 9.05. The number of aromatic nitrogens is 4. The largest absolute Gasteiger partial charge is 0.387 e. The van der Waals surface area contributed by atoms with Gasteiger partial charge in [-0.3, -0.25) is 0 Å². The van der Waals surface area contributed by atoms with Crippen molar-refractivity contribution < 1.29 is 14.2 Å². The van der Waals surface area contributed by atoms with Crippen LogP contribution < -0.4 is 0 Å². The Hall–Kier alpha value is -3.16. The molecule has 1 N–H and O–H groups in total. The van der Waals surface area contributed by atoms with Crippen molar-refractivity contribution >= 4 is 10.9 Å². The first-order valence-corrected chi connectivity index (χ1v) is 12.7. The Morgan fingerprint density at radius 2 is 1.94 bits per heavy atom. The normalized spacial score (nSPS) is 25.8. The lowest BCUT2D eigenvalue weighted by Crippen LogP contribution is -2.51. The third kappa shape index (κ3) is 4.00. The molecule has 2 aliphatic rings. The Labute approximate surface area is 210 Å². The van der Waals surface area contributed by atoms with Gasteiger partial charge in [-0.05, 0) is 98.0 Å². The van der Waals surface area contributed by atoms with Crippen molar-refractivity contribution in [3.05, 3.63) is 83.8 Å². The molecule has 1 saturated carbocycles. The van der Waals surface area contributed by atoms with Crippen LogP contribution in [-0.4, -0.2) is 44.2 Å². The number of fused-ring (bicyclic) bond motifs is 4. The number of halogens is 1. The summed E-state index contributed by atoms with van der Waals surface area (Å²) >= 11 is 0. The van der Waals surface area contributed by atoms with Crippen molar-refractivity contribution in [1.29, 1.82) is 0 Å². The highest BCUT2D eigenvalue weighted by molar-refractivity contribution is 5.82. The van der Waals surface area contributed by atoms with Crippen molar-refractivity contribution in [3.63, 3.8) is 0 Å². The van der Waals surface area contributed by atoms with E-state index < -0.39 is 5.60 Å². The van der Waals surface area contributed by atoms with Gasteiger partial charge in [-0.2, -0.15) is 5.10 Å². The van der Waals surface area contributed by atoms with E-state index in [4.69, 9.17) is 4.74 Å². The quantitative estimate of drug-likeness (QED) is 0.432. The van der Waals surface area contributed by atoms with Crippen molar-refractivity contribution in [1.82, 2.24) is 19.7 Å². The summed E-state index contributed by atoms with van der Waals surface area (Å²) in [5.41, 5.74) is 3.55. The predicted octanol–water partition coefficient (Wildman–Crippen LogP) is 4.95. The van der Waals surface area contributed by atoms with Crippen LogP contribution in [0.5, 0.6) is 0 Å². The molecular weight excluding hydrogens is 455 g/mol. The van der Waals surface area contributed by atoms with Crippen molar-refractivity contribution in [2.75, 3.05) is 13.7 Å². The maximum atomic E-state index is 13.5. The van der Waals surface area contributed by atoms with Gasteiger partial charge in [-0.25, -0.2) is 19.0 Å². The van der Waals surface area contributed by atoms with Crippen LogP contribution in [0, 0.1) is 11.7 Å². The number of rotatable bonds is 5. The fourth-order valence-electron chi connectivity index (χ4n) is 6.69. The zero-order valence-electron chi connectivity index (χ0n) is 20.5. The lowest BCUT2D eigenvalue weighted by Gasteiger charge is -2.50. The van der Waals surface area contributed by atoms with Gasteiger partial charge in [-0.15, -0.1) is 0 Å². The Morgan fingerprint density at radius 3 is 2.72 bits per heavy atom. The van der Waals surface area contributed by atoms with Crippen molar-refractivity contribution in [2.24, 2.45) is 5.92 Å². The Morgan fingerprint density at radius 1 is 1.14 bits per heavy atom. The van der Waals surface area contributed by atoms with Gasteiger partial charge in [0.15, 0.2) is 0 Å². The predicted molar refractivity (Wildman–Crippen MR) is 136 cm³/mol. The Kier molecular flexibility index (Phi) is 5.85. The van der Waals surface area contributed by atoms with Gasteiger partial charge in [0.1, 0.15) is 11.6 Å². The maximum Gasteiger partial charge on any atom is 0.129 e. The first-order chi connectivity index (χ1) is 17.5. The molecule has 7 heteroatoms. The average molecular weight is 487 g/mol. The van der Waals surface area contributed by atoms with Crippen LogP contribution in [0.1, 0.15) is 49.1 Å². The Balaban J connectivity index is 1.49. The number of hydrogen-bond acceptors (Lipinski definition) is 5. The smallest absolute Gasteiger partial charge is 0.129 e. The fourth-order valence-corrected chi connectivity index (χ4v) is 6.69. The number of hydrogen-bond donors (Lipinski definition) is 1. The van der Waals surface area contributed by atoms with E-state index >= 15 is 0 Å². The molecule has 0 aliphatic heterocycles. The molecule has 36 heavy (non-hydrogen) atoms. The van der Waals surface area contributed by atoms with E-state index in [9.17, 15) is 9.50 Å². The summed E-state index contributed by atoms with van der Waals surface area (Å²) in [6, 6.07) is 12.9. The molecule has 0 amide bonds. The van der Waals surface area contributed by atoms with Crippen LogP contribution >= 0.6 is 0 Å². The summed E-state index contributed by atoms with van der Waals surface area (Å²) < 4.78 is 20.8. The molecule has 2 heterocycles. The topological polar surface area (TPSA) is 73.1 Å². The average Bonchev–Trinajstić information content (AvgIpc) is 3.23. The van der Waals surface area contributed by atoms with Crippen LogP contribution in [0.4, 0.5) is 4.39 Å². The summed E-state index contributed by atoms with van der Waals surface area (Å²) in [6.45, 7) is 0.359. The zero-order chi connectivity index (χ0) is 24.8. The highest BCUT2D eigenvalue weighted by atomic mass is 19.1. The number of ether oxygens (including phenoxy) is 1. The molecule has 2 aliphatic carbocycles. The van der Waals surface area contributed by atoms with Crippen LogP contribution in [0.25, 0.3) is 16.6 Å². The molecule has 6 rings (SSSR count). The van der Waals surface area contributed by atoms with Gasteiger partial charge in [0.25, 0.3) is 0 Å². The molecule has 3 atom stereocenters. The molecule has 0 unspecified atom stereocenters. The van der Waals surface area contributed by atoms with E-state index in [0.717, 1.165) is 54.5 Å². The van der Waals surface area contributed by atoms with Gasteiger partial charge < -0.3 is 9.84 Å². The third-order valence-electron chi connectivity index (χ3n) is 8.35. The molecule has 0 bridgehead atoms. The van der Waals surface area contributed by atoms with Gasteiger partial charge in [-0.1, -0.05) is 0 Å². The second-order valence-electron chi connectivity index (χ2n) is 10.5. The summed E-state index contributed by atoms with van der Waals surface area (Å²) in [5, 5.41) is 17.1. The monoisotopic (exact) mass is 486 g/mol.